The van der Waals surface area contributed by atoms with E-state index < -0.39 is 62.8 Å². The zero-order valence-electron chi connectivity index (χ0n) is 25.4. The third-order valence-corrected chi connectivity index (χ3v) is 9.07. The molecule has 3 aromatic carbocycles. The fourth-order valence-corrected chi connectivity index (χ4v) is 5.45. The van der Waals surface area contributed by atoms with Gasteiger partial charge in [-0.2, -0.15) is 13.8 Å². The molecule has 48 heavy (non-hydrogen) atoms. The second-order valence-electron chi connectivity index (χ2n) is 11.2. The number of thiol groups is 1. The molecule has 0 amide bonds. The van der Waals surface area contributed by atoms with Crippen molar-refractivity contribution in [3.05, 3.63) is 94.4 Å². The van der Waals surface area contributed by atoms with Crippen LogP contribution < -0.4 is 20.3 Å². The number of aromatic nitrogens is 2. The van der Waals surface area contributed by atoms with Gasteiger partial charge in [0, 0.05) is 43.2 Å². The van der Waals surface area contributed by atoms with E-state index >= 15 is 0 Å². The number of carbonyl (C=O) groups excluding carboxylic acids is 1. The minimum atomic E-state index is -2.78. The van der Waals surface area contributed by atoms with Gasteiger partial charge in [0.1, 0.15) is 15.7 Å². The Kier molecular flexibility index (Phi) is 10.4. The molecule has 1 saturated heterocycles. The van der Waals surface area contributed by atoms with Crippen molar-refractivity contribution in [2.75, 3.05) is 48.3 Å². The van der Waals surface area contributed by atoms with Crippen molar-refractivity contribution in [2.24, 2.45) is 0 Å². The van der Waals surface area contributed by atoms with Crippen molar-refractivity contribution in [2.45, 2.75) is 18.6 Å². The first-order chi connectivity index (χ1) is 22.8. The topological polar surface area (TPSA) is 117 Å². The van der Waals surface area contributed by atoms with Crippen LogP contribution in [0.1, 0.15) is 19.4 Å². The standard InChI is InChI=1S/C31H28ClF5N6O4S/c1-31(2,48(45)46)19-5-3-4-6-21(19)40-29-20(32)15-38-30(41-29)39-17-7-9-18(10-8-17)43-13-11-42(12-14-43)16-22(44)47-28-26(36)24(34)23(33)25(35)27(28)37/h3-10,15,48H,11-14,16H2,1-2H3,(H2,38,39,40,41). The molecule has 2 N–H and O–H groups in total. The Morgan fingerprint density at radius 3 is 2.12 bits per heavy atom. The van der Waals surface area contributed by atoms with Crippen molar-refractivity contribution in [1.29, 1.82) is 0 Å². The Labute approximate surface area is 278 Å². The lowest BCUT2D eigenvalue weighted by Gasteiger charge is -2.35. The maximum absolute atomic E-state index is 13.9. The summed E-state index contributed by atoms with van der Waals surface area (Å²) in [5.74, 6) is -13.5. The number of rotatable bonds is 10. The first kappa shape index (κ1) is 34.8. The van der Waals surface area contributed by atoms with Crippen LogP contribution in [0, 0.1) is 29.1 Å². The molecule has 4 aromatic rings. The number of piperazine rings is 1. The van der Waals surface area contributed by atoms with Gasteiger partial charge in [0.25, 0.3) is 0 Å². The van der Waals surface area contributed by atoms with E-state index in [0.29, 0.717) is 43.1 Å². The zero-order chi connectivity index (χ0) is 34.7. The van der Waals surface area contributed by atoms with Crippen LogP contribution in [-0.4, -0.2) is 62.0 Å². The van der Waals surface area contributed by atoms with E-state index in [-0.39, 0.29) is 16.8 Å². The lowest BCUT2D eigenvalue weighted by atomic mass is 10.00. The van der Waals surface area contributed by atoms with Crippen molar-refractivity contribution in [1.82, 2.24) is 14.9 Å². The average molecular weight is 711 g/mol. The molecule has 10 nitrogen and oxygen atoms in total. The van der Waals surface area contributed by atoms with E-state index in [9.17, 15) is 35.2 Å². The van der Waals surface area contributed by atoms with Crippen LogP contribution in [0.2, 0.25) is 5.02 Å². The van der Waals surface area contributed by atoms with Gasteiger partial charge in [0.2, 0.25) is 40.8 Å². The molecule has 0 unspecified atom stereocenters. The highest BCUT2D eigenvalue weighted by Gasteiger charge is 2.30. The van der Waals surface area contributed by atoms with Gasteiger partial charge in [-0.3, -0.25) is 9.69 Å². The summed E-state index contributed by atoms with van der Waals surface area (Å²) >= 11 is 6.35. The van der Waals surface area contributed by atoms with Crippen molar-refractivity contribution in [3.63, 3.8) is 0 Å². The van der Waals surface area contributed by atoms with Crippen LogP contribution in [0.5, 0.6) is 5.75 Å². The van der Waals surface area contributed by atoms with Gasteiger partial charge in [-0.05, 0) is 49.7 Å². The smallest absolute Gasteiger partial charge is 0.325 e. The van der Waals surface area contributed by atoms with Gasteiger partial charge >= 0.3 is 5.97 Å². The number of anilines is 5. The van der Waals surface area contributed by atoms with E-state index in [2.05, 4.69) is 25.3 Å². The number of hydrogen-bond acceptors (Lipinski definition) is 10. The SMILES string of the molecule is CC(C)(c1ccccc1Nc1nc(Nc2ccc(N3CCN(CC(=O)Oc4c(F)c(F)c(F)c(F)c4F)CC3)cc2)ncc1Cl)[SH](=O)=O. The highest BCUT2D eigenvalue weighted by atomic mass is 35.5. The van der Waals surface area contributed by atoms with Gasteiger partial charge in [0.15, 0.2) is 5.82 Å². The number of esters is 1. The summed E-state index contributed by atoms with van der Waals surface area (Å²) in [7, 11) is -2.78. The van der Waals surface area contributed by atoms with Crippen LogP contribution in [0.4, 0.5) is 50.8 Å². The fraction of sp³-hybridized carbons (Fsp3) is 0.258. The Bertz CT molecular complexity index is 1890. The minimum Gasteiger partial charge on any atom is -0.419 e. The molecular formula is C31H28ClF5N6O4S. The summed E-state index contributed by atoms with van der Waals surface area (Å²) in [6.45, 7) is 4.43. The molecule has 0 aliphatic carbocycles. The minimum absolute atomic E-state index is 0.222. The summed E-state index contributed by atoms with van der Waals surface area (Å²) < 4.78 is 95.0. The molecule has 254 valence electrons. The van der Waals surface area contributed by atoms with E-state index in [1.54, 1.807) is 55.1 Å². The van der Waals surface area contributed by atoms with Crippen LogP contribution in [0.25, 0.3) is 0 Å². The van der Waals surface area contributed by atoms with Crippen molar-refractivity contribution < 1.29 is 39.9 Å². The molecular weight excluding hydrogens is 683 g/mol. The second-order valence-corrected chi connectivity index (χ2v) is 13.2. The molecule has 2 heterocycles. The molecule has 0 saturated carbocycles. The third kappa shape index (κ3) is 7.45. The molecule has 17 heteroatoms. The lowest BCUT2D eigenvalue weighted by molar-refractivity contribution is -0.136. The van der Waals surface area contributed by atoms with Crippen LogP contribution in [0.3, 0.4) is 0 Å². The number of nitrogens with one attached hydrogen (secondary N) is 2. The summed E-state index contributed by atoms with van der Waals surface area (Å²) in [6, 6.07) is 14.3. The number of halogens is 6. The van der Waals surface area contributed by atoms with Gasteiger partial charge in [-0.15, -0.1) is 0 Å². The van der Waals surface area contributed by atoms with Crippen LogP contribution in [-0.2, 0) is 20.2 Å². The number of benzene rings is 3. The molecule has 5 rings (SSSR count). The largest absolute Gasteiger partial charge is 0.419 e. The van der Waals surface area contributed by atoms with E-state index in [0.717, 1.165) is 5.69 Å². The fourth-order valence-electron chi connectivity index (χ4n) is 4.92. The monoisotopic (exact) mass is 710 g/mol. The summed E-state index contributed by atoms with van der Waals surface area (Å²) in [4.78, 5) is 24.6. The first-order valence-electron chi connectivity index (χ1n) is 14.4. The number of carbonyl (C=O) groups is 1. The number of ether oxygens (including phenoxy) is 1. The molecule has 1 fully saturated rings. The van der Waals surface area contributed by atoms with Crippen molar-refractivity contribution in [3.8, 4) is 5.75 Å². The van der Waals surface area contributed by atoms with E-state index in [4.69, 9.17) is 11.6 Å². The Balaban J connectivity index is 1.17. The van der Waals surface area contributed by atoms with Gasteiger partial charge in [-0.1, -0.05) is 29.8 Å². The average Bonchev–Trinajstić information content (AvgIpc) is 3.07. The van der Waals surface area contributed by atoms with E-state index in [1.165, 1.54) is 6.20 Å². The molecule has 0 radical (unpaired) electrons. The molecule has 1 aliphatic heterocycles. The molecule has 0 atom stereocenters. The number of hydrogen-bond donors (Lipinski definition) is 3. The third-order valence-electron chi connectivity index (χ3n) is 7.64. The predicted molar refractivity (Wildman–Crippen MR) is 170 cm³/mol. The molecule has 1 aromatic heterocycles. The molecule has 1 aliphatic rings. The van der Waals surface area contributed by atoms with Crippen molar-refractivity contribution >= 4 is 57.1 Å². The van der Waals surface area contributed by atoms with Gasteiger partial charge in [0.05, 0.1) is 17.5 Å². The maximum atomic E-state index is 13.9. The Hall–Kier alpha value is -4.54. The first-order valence-corrected chi connectivity index (χ1v) is 15.9. The number of para-hydroxylation sites is 1. The zero-order valence-corrected chi connectivity index (χ0v) is 27.0. The summed E-state index contributed by atoms with van der Waals surface area (Å²) in [5, 5.41) is 6.43. The second kappa shape index (κ2) is 14.3. The summed E-state index contributed by atoms with van der Waals surface area (Å²) in [5.41, 5.74) is 2.59. The maximum Gasteiger partial charge on any atom is 0.325 e. The lowest BCUT2D eigenvalue weighted by Crippen LogP contribution is -2.48. The highest BCUT2D eigenvalue weighted by molar-refractivity contribution is 7.73. The predicted octanol–water partition coefficient (Wildman–Crippen LogP) is 5.89. The van der Waals surface area contributed by atoms with Gasteiger partial charge in [-0.25, -0.2) is 26.6 Å². The van der Waals surface area contributed by atoms with Crippen LogP contribution >= 0.6 is 11.6 Å². The quantitative estimate of drug-likeness (QED) is 0.0460. The molecule has 0 bridgehead atoms. The number of nitrogens with zero attached hydrogens (tertiary/aromatic N) is 4. The van der Waals surface area contributed by atoms with Crippen LogP contribution in [0.15, 0.2) is 54.7 Å². The molecule has 0 spiro atoms. The van der Waals surface area contributed by atoms with Gasteiger partial charge < -0.3 is 20.3 Å². The summed E-state index contributed by atoms with van der Waals surface area (Å²) in [6.07, 6.45) is 1.41. The van der Waals surface area contributed by atoms with E-state index in [1.807, 2.05) is 17.0 Å². The Morgan fingerprint density at radius 1 is 0.896 bits per heavy atom. The highest BCUT2D eigenvalue weighted by Crippen LogP contribution is 2.34. The normalized spacial score (nSPS) is 13.9. The Morgan fingerprint density at radius 2 is 1.50 bits per heavy atom.